The zero-order chi connectivity index (χ0) is 13.0. The molecule has 1 N–H and O–H groups in total. The number of benzene rings is 2. The summed E-state index contributed by atoms with van der Waals surface area (Å²) < 4.78 is 0. The number of rotatable bonds is 3. The summed E-state index contributed by atoms with van der Waals surface area (Å²) in [5.74, 6) is 0. The van der Waals surface area contributed by atoms with Crippen molar-refractivity contribution in [2.24, 2.45) is 0 Å². The maximum absolute atomic E-state index is 9.03. The Morgan fingerprint density at radius 2 is 1.89 bits per heavy atom. The summed E-state index contributed by atoms with van der Waals surface area (Å²) in [6.07, 6.45) is 0. The summed E-state index contributed by atoms with van der Waals surface area (Å²) in [6, 6.07) is 14.9. The Balaban J connectivity index is 2.27. The Labute approximate surface area is 115 Å². The van der Waals surface area contributed by atoms with Crippen molar-refractivity contribution in [2.45, 2.75) is 16.4 Å². The lowest BCUT2D eigenvalue weighted by Crippen LogP contribution is -1.84. The van der Waals surface area contributed by atoms with Gasteiger partial charge in [-0.3, -0.25) is 0 Å². The van der Waals surface area contributed by atoms with Crippen LogP contribution >= 0.6 is 23.4 Å². The average Bonchev–Trinajstić information content (AvgIpc) is 2.40. The fraction of sp³-hybridized carbons (Fsp3) is 0.0714. The zero-order valence-corrected chi connectivity index (χ0v) is 11.0. The van der Waals surface area contributed by atoms with Crippen molar-refractivity contribution in [3.05, 3.63) is 58.6 Å². The van der Waals surface area contributed by atoms with Gasteiger partial charge in [0.2, 0.25) is 0 Å². The maximum atomic E-state index is 9.03. The molecule has 90 valence electrons. The van der Waals surface area contributed by atoms with E-state index in [0.717, 1.165) is 15.4 Å². The van der Waals surface area contributed by atoms with E-state index in [1.165, 1.54) is 11.8 Å². The SMILES string of the molecule is N#Cc1ccc(Cl)cc1Sc1ccc(CO)cc1. The van der Waals surface area contributed by atoms with E-state index in [9.17, 15) is 0 Å². The Bertz CT molecular complexity index is 590. The van der Waals surface area contributed by atoms with Crippen LogP contribution in [0, 0.1) is 11.3 Å². The molecule has 18 heavy (non-hydrogen) atoms. The minimum Gasteiger partial charge on any atom is -0.392 e. The molecule has 2 nitrogen and oxygen atoms in total. The van der Waals surface area contributed by atoms with E-state index >= 15 is 0 Å². The van der Waals surface area contributed by atoms with Crippen molar-refractivity contribution in [1.29, 1.82) is 5.26 Å². The van der Waals surface area contributed by atoms with Gasteiger partial charge in [0, 0.05) is 14.8 Å². The normalized spacial score (nSPS) is 10.1. The number of aliphatic hydroxyl groups excluding tert-OH is 1. The second kappa shape index (κ2) is 5.92. The molecule has 2 aromatic carbocycles. The van der Waals surface area contributed by atoms with E-state index in [-0.39, 0.29) is 6.61 Å². The highest BCUT2D eigenvalue weighted by atomic mass is 35.5. The van der Waals surface area contributed by atoms with Crippen molar-refractivity contribution in [2.75, 3.05) is 0 Å². The predicted octanol–water partition coefficient (Wildman–Crippen LogP) is 3.86. The van der Waals surface area contributed by atoms with Crippen LogP contribution in [0.2, 0.25) is 5.02 Å². The fourth-order valence-corrected chi connectivity index (χ4v) is 2.64. The van der Waals surface area contributed by atoms with Crippen molar-refractivity contribution in [1.82, 2.24) is 0 Å². The summed E-state index contributed by atoms with van der Waals surface area (Å²) in [6.45, 7) is 0.0333. The number of hydrogen-bond donors (Lipinski definition) is 1. The highest BCUT2D eigenvalue weighted by Gasteiger charge is 2.05. The summed E-state index contributed by atoms with van der Waals surface area (Å²) in [7, 11) is 0. The molecule has 0 fully saturated rings. The molecule has 0 aliphatic rings. The quantitative estimate of drug-likeness (QED) is 0.925. The summed E-state index contributed by atoms with van der Waals surface area (Å²) in [5.41, 5.74) is 1.47. The van der Waals surface area contributed by atoms with Crippen LogP contribution in [0.5, 0.6) is 0 Å². The minimum absolute atomic E-state index is 0.0333. The van der Waals surface area contributed by atoms with Crippen LogP contribution in [0.1, 0.15) is 11.1 Å². The smallest absolute Gasteiger partial charge is 0.100 e. The highest BCUT2D eigenvalue weighted by molar-refractivity contribution is 7.99. The third-order valence-corrected chi connectivity index (χ3v) is 3.70. The lowest BCUT2D eigenvalue weighted by Gasteiger charge is -2.05. The molecule has 0 aliphatic carbocycles. The minimum atomic E-state index is 0.0333. The number of nitriles is 1. The summed E-state index contributed by atoms with van der Waals surface area (Å²) in [4.78, 5) is 1.84. The zero-order valence-electron chi connectivity index (χ0n) is 9.43. The van der Waals surface area contributed by atoms with E-state index in [2.05, 4.69) is 6.07 Å². The summed E-state index contributed by atoms with van der Waals surface area (Å²) >= 11 is 7.42. The highest BCUT2D eigenvalue weighted by Crippen LogP contribution is 2.32. The molecule has 2 aromatic rings. The van der Waals surface area contributed by atoms with Gasteiger partial charge in [0.1, 0.15) is 6.07 Å². The van der Waals surface area contributed by atoms with Crippen molar-refractivity contribution < 1.29 is 5.11 Å². The molecular weight excluding hydrogens is 266 g/mol. The first-order chi connectivity index (χ1) is 8.72. The average molecular weight is 276 g/mol. The van der Waals surface area contributed by atoms with Gasteiger partial charge in [0.05, 0.1) is 12.2 Å². The van der Waals surface area contributed by atoms with Crippen molar-refractivity contribution >= 4 is 23.4 Å². The number of hydrogen-bond acceptors (Lipinski definition) is 3. The number of nitrogens with zero attached hydrogens (tertiary/aromatic N) is 1. The first-order valence-corrected chi connectivity index (χ1v) is 6.49. The van der Waals surface area contributed by atoms with Crippen LogP contribution in [-0.2, 0) is 6.61 Å². The van der Waals surface area contributed by atoms with E-state index in [1.807, 2.05) is 24.3 Å². The molecular formula is C14H10ClNOS. The standard InChI is InChI=1S/C14H10ClNOS/c15-12-4-3-11(8-16)14(7-12)18-13-5-1-10(9-17)2-6-13/h1-7,17H,9H2. The maximum Gasteiger partial charge on any atom is 0.100 e. The van der Waals surface area contributed by atoms with Crippen molar-refractivity contribution in [3.8, 4) is 6.07 Å². The van der Waals surface area contributed by atoms with Gasteiger partial charge in [-0.1, -0.05) is 35.5 Å². The monoisotopic (exact) mass is 275 g/mol. The molecule has 0 radical (unpaired) electrons. The Morgan fingerprint density at radius 1 is 1.17 bits per heavy atom. The molecule has 0 bridgehead atoms. The second-order valence-corrected chi connectivity index (χ2v) is 5.21. The molecule has 0 heterocycles. The third-order valence-electron chi connectivity index (χ3n) is 2.40. The van der Waals surface area contributed by atoms with Gasteiger partial charge in [-0.15, -0.1) is 0 Å². The van der Waals surface area contributed by atoms with E-state index in [4.69, 9.17) is 22.0 Å². The first kappa shape index (κ1) is 13.0. The Hall–Kier alpha value is -1.47. The van der Waals surface area contributed by atoms with Gasteiger partial charge in [-0.2, -0.15) is 5.26 Å². The molecule has 0 spiro atoms. The number of aliphatic hydroxyl groups is 1. The molecule has 4 heteroatoms. The van der Waals surface area contributed by atoms with Gasteiger partial charge < -0.3 is 5.11 Å². The van der Waals surface area contributed by atoms with Crippen molar-refractivity contribution in [3.63, 3.8) is 0 Å². The lowest BCUT2D eigenvalue weighted by atomic mass is 10.2. The van der Waals surface area contributed by atoms with Gasteiger partial charge >= 0.3 is 0 Å². The van der Waals surface area contributed by atoms with Crippen LogP contribution in [0.4, 0.5) is 0 Å². The van der Waals surface area contributed by atoms with Gasteiger partial charge in [0.15, 0.2) is 0 Å². The fourth-order valence-electron chi connectivity index (χ4n) is 1.46. The summed E-state index contributed by atoms with van der Waals surface area (Å²) in [5, 5.41) is 18.6. The molecule has 2 rings (SSSR count). The van der Waals surface area contributed by atoms with E-state index in [0.29, 0.717) is 10.6 Å². The molecule has 0 saturated heterocycles. The predicted molar refractivity (Wildman–Crippen MR) is 72.7 cm³/mol. The number of halogens is 1. The first-order valence-electron chi connectivity index (χ1n) is 5.30. The van der Waals surface area contributed by atoms with Gasteiger partial charge in [-0.05, 0) is 35.9 Å². The van der Waals surface area contributed by atoms with Crippen LogP contribution in [-0.4, -0.2) is 5.11 Å². The topological polar surface area (TPSA) is 44.0 Å². The van der Waals surface area contributed by atoms with Crippen LogP contribution in [0.3, 0.4) is 0 Å². The second-order valence-electron chi connectivity index (χ2n) is 3.66. The molecule has 0 amide bonds. The molecule has 0 saturated carbocycles. The van der Waals surface area contributed by atoms with Gasteiger partial charge in [0.25, 0.3) is 0 Å². The Kier molecular flexibility index (Phi) is 4.27. The Morgan fingerprint density at radius 3 is 2.50 bits per heavy atom. The lowest BCUT2D eigenvalue weighted by molar-refractivity contribution is 0.282. The van der Waals surface area contributed by atoms with Gasteiger partial charge in [-0.25, -0.2) is 0 Å². The molecule has 0 aromatic heterocycles. The molecule has 0 unspecified atom stereocenters. The third kappa shape index (κ3) is 3.05. The van der Waals surface area contributed by atoms with E-state index in [1.54, 1.807) is 18.2 Å². The van der Waals surface area contributed by atoms with Crippen LogP contribution in [0.25, 0.3) is 0 Å². The van der Waals surface area contributed by atoms with Crippen LogP contribution < -0.4 is 0 Å². The largest absolute Gasteiger partial charge is 0.392 e. The van der Waals surface area contributed by atoms with Crippen LogP contribution in [0.15, 0.2) is 52.3 Å². The van der Waals surface area contributed by atoms with E-state index < -0.39 is 0 Å². The molecule has 0 aliphatic heterocycles. The molecule has 0 atom stereocenters.